The number of carbonyl (C=O) groups excluding carboxylic acids is 1. The fraction of sp³-hybridized carbons (Fsp3) is 0.222. The average Bonchev–Trinajstić information content (AvgIpc) is 2.06. The Hall–Kier alpha value is -1.06. The molecule has 0 aliphatic heterocycles. The highest BCUT2D eigenvalue weighted by Crippen LogP contribution is 2.00. The number of nitrogens with two attached hydrogens (primary N) is 2. The maximum Gasteiger partial charge on any atom is 0.234 e. The van der Waals surface area contributed by atoms with Crippen LogP contribution in [0.3, 0.4) is 0 Å². The third-order valence-corrected chi connectivity index (χ3v) is 1.66. The SMILES string of the molecule is Cl.NC(=O)[C@H](N)Cc1ccccc1. The number of amides is 1. The Labute approximate surface area is 83.5 Å². The largest absolute Gasteiger partial charge is 0.368 e. The van der Waals surface area contributed by atoms with Gasteiger partial charge in [-0.2, -0.15) is 0 Å². The van der Waals surface area contributed by atoms with Crippen LogP contribution in [0.2, 0.25) is 0 Å². The van der Waals surface area contributed by atoms with E-state index in [9.17, 15) is 4.79 Å². The predicted molar refractivity (Wildman–Crippen MR) is 54.6 cm³/mol. The van der Waals surface area contributed by atoms with E-state index in [1.165, 1.54) is 0 Å². The highest BCUT2D eigenvalue weighted by atomic mass is 35.5. The standard InChI is InChI=1S/C9H12N2O.ClH/c10-8(9(11)12)6-7-4-2-1-3-5-7;/h1-5,8H,6,10H2,(H2,11,12);1H/t8-;/m1./s1. The first kappa shape index (κ1) is 11.9. The number of benzene rings is 1. The molecule has 1 amide bonds. The molecule has 0 radical (unpaired) electrons. The van der Waals surface area contributed by atoms with E-state index in [1.54, 1.807) is 0 Å². The highest BCUT2D eigenvalue weighted by molar-refractivity contribution is 5.85. The Morgan fingerprint density at radius 1 is 1.31 bits per heavy atom. The van der Waals surface area contributed by atoms with Crippen LogP contribution in [0, 0.1) is 0 Å². The van der Waals surface area contributed by atoms with Gasteiger partial charge < -0.3 is 11.5 Å². The van der Waals surface area contributed by atoms with Crippen molar-refractivity contribution in [3.8, 4) is 0 Å². The molecule has 0 aromatic heterocycles. The summed E-state index contributed by atoms with van der Waals surface area (Å²) >= 11 is 0. The van der Waals surface area contributed by atoms with Crippen molar-refractivity contribution in [1.82, 2.24) is 0 Å². The van der Waals surface area contributed by atoms with Gasteiger partial charge >= 0.3 is 0 Å². The van der Waals surface area contributed by atoms with Crippen molar-refractivity contribution >= 4 is 18.3 Å². The van der Waals surface area contributed by atoms with Gasteiger partial charge in [-0.1, -0.05) is 30.3 Å². The molecule has 0 unspecified atom stereocenters. The van der Waals surface area contributed by atoms with Gasteiger partial charge in [0.1, 0.15) is 0 Å². The molecule has 1 aromatic carbocycles. The van der Waals surface area contributed by atoms with Crippen molar-refractivity contribution in [3.05, 3.63) is 35.9 Å². The van der Waals surface area contributed by atoms with Gasteiger partial charge in [0.25, 0.3) is 0 Å². The van der Waals surface area contributed by atoms with Gasteiger partial charge in [-0.05, 0) is 12.0 Å². The van der Waals surface area contributed by atoms with E-state index >= 15 is 0 Å². The molecule has 0 heterocycles. The van der Waals surface area contributed by atoms with E-state index in [-0.39, 0.29) is 12.4 Å². The van der Waals surface area contributed by atoms with Crippen LogP contribution < -0.4 is 11.5 Å². The summed E-state index contributed by atoms with van der Waals surface area (Å²) in [5.41, 5.74) is 11.5. The Kier molecular flexibility index (Phi) is 5.11. The Balaban J connectivity index is 0.00000144. The fourth-order valence-corrected chi connectivity index (χ4v) is 0.969. The molecule has 0 saturated carbocycles. The lowest BCUT2D eigenvalue weighted by Crippen LogP contribution is -2.38. The maximum absolute atomic E-state index is 10.6. The van der Waals surface area contributed by atoms with Crippen LogP contribution in [-0.4, -0.2) is 11.9 Å². The lowest BCUT2D eigenvalue weighted by Gasteiger charge is -2.06. The van der Waals surface area contributed by atoms with Crippen molar-refractivity contribution in [2.24, 2.45) is 11.5 Å². The topological polar surface area (TPSA) is 69.1 Å². The molecule has 0 fully saturated rings. The highest BCUT2D eigenvalue weighted by Gasteiger charge is 2.08. The Bertz CT molecular complexity index is 264. The molecule has 1 rings (SSSR count). The molecule has 1 aromatic rings. The number of primary amides is 1. The molecule has 0 spiro atoms. The number of carbonyl (C=O) groups is 1. The van der Waals surface area contributed by atoms with Gasteiger partial charge in [-0.25, -0.2) is 0 Å². The predicted octanol–water partition coefficient (Wildman–Crippen LogP) is 0.463. The molecule has 13 heavy (non-hydrogen) atoms. The minimum atomic E-state index is -0.576. The molecule has 0 bridgehead atoms. The van der Waals surface area contributed by atoms with E-state index in [4.69, 9.17) is 11.5 Å². The minimum absolute atomic E-state index is 0. The zero-order chi connectivity index (χ0) is 8.97. The van der Waals surface area contributed by atoms with E-state index < -0.39 is 11.9 Å². The van der Waals surface area contributed by atoms with Crippen LogP contribution in [0.15, 0.2) is 30.3 Å². The average molecular weight is 201 g/mol. The summed E-state index contributed by atoms with van der Waals surface area (Å²) in [5, 5.41) is 0. The quantitative estimate of drug-likeness (QED) is 0.745. The van der Waals surface area contributed by atoms with Gasteiger partial charge in [-0.15, -0.1) is 12.4 Å². The van der Waals surface area contributed by atoms with Crippen LogP contribution in [0.5, 0.6) is 0 Å². The lowest BCUT2D eigenvalue weighted by atomic mass is 10.1. The first-order valence-corrected chi connectivity index (χ1v) is 3.79. The van der Waals surface area contributed by atoms with Gasteiger partial charge in [0.2, 0.25) is 5.91 Å². The minimum Gasteiger partial charge on any atom is -0.368 e. The Morgan fingerprint density at radius 3 is 2.31 bits per heavy atom. The normalized spacial score (nSPS) is 11.5. The van der Waals surface area contributed by atoms with Crippen LogP contribution in [0.1, 0.15) is 5.56 Å². The first-order chi connectivity index (χ1) is 5.70. The number of rotatable bonds is 3. The van der Waals surface area contributed by atoms with Gasteiger partial charge in [0.05, 0.1) is 6.04 Å². The van der Waals surface area contributed by atoms with Crippen LogP contribution in [0.25, 0.3) is 0 Å². The summed E-state index contributed by atoms with van der Waals surface area (Å²) in [6, 6.07) is 8.99. The molecular formula is C9H13ClN2O. The van der Waals surface area contributed by atoms with Crippen LogP contribution in [-0.2, 0) is 11.2 Å². The number of halogens is 1. The number of hydrogen-bond donors (Lipinski definition) is 2. The summed E-state index contributed by atoms with van der Waals surface area (Å²) < 4.78 is 0. The van der Waals surface area contributed by atoms with E-state index in [1.807, 2.05) is 30.3 Å². The molecule has 3 nitrogen and oxygen atoms in total. The molecule has 4 N–H and O–H groups in total. The van der Waals surface area contributed by atoms with Crippen molar-refractivity contribution in [1.29, 1.82) is 0 Å². The molecule has 4 heteroatoms. The molecule has 1 atom stereocenters. The first-order valence-electron chi connectivity index (χ1n) is 3.79. The van der Waals surface area contributed by atoms with Crippen molar-refractivity contribution < 1.29 is 4.79 Å². The van der Waals surface area contributed by atoms with Gasteiger partial charge in [0.15, 0.2) is 0 Å². The smallest absolute Gasteiger partial charge is 0.234 e. The zero-order valence-electron chi connectivity index (χ0n) is 7.14. The summed E-state index contributed by atoms with van der Waals surface area (Å²) in [7, 11) is 0. The molecule has 0 aliphatic rings. The Morgan fingerprint density at radius 2 is 1.85 bits per heavy atom. The summed E-state index contributed by atoms with van der Waals surface area (Å²) in [5.74, 6) is -0.459. The monoisotopic (exact) mass is 200 g/mol. The molecular weight excluding hydrogens is 188 g/mol. The van der Waals surface area contributed by atoms with Crippen molar-refractivity contribution in [3.63, 3.8) is 0 Å². The van der Waals surface area contributed by atoms with Crippen molar-refractivity contribution in [2.75, 3.05) is 0 Å². The van der Waals surface area contributed by atoms with Crippen LogP contribution >= 0.6 is 12.4 Å². The van der Waals surface area contributed by atoms with E-state index in [2.05, 4.69) is 0 Å². The summed E-state index contributed by atoms with van der Waals surface area (Å²) in [6.45, 7) is 0. The fourth-order valence-electron chi connectivity index (χ4n) is 0.969. The lowest BCUT2D eigenvalue weighted by molar-refractivity contribution is -0.119. The van der Waals surface area contributed by atoms with E-state index in [0.717, 1.165) is 5.56 Å². The number of hydrogen-bond acceptors (Lipinski definition) is 2. The van der Waals surface area contributed by atoms with E-state index in [0.29, 0.717) is 6.42 Å². The van der Waals surface area contributed by atoms with Gasteiger partial charge in [0, 0.05) is 0 Å². The second kappa shape index (κ2) is 5.56. The molecule has 0 aliphatic carbocycles. The summed E-state index contributed by atoms with van der Waals surface area (Å²) in [6.07, 6.45) is 0.510. The van der Waals surface area contributed by atoms with Crippen molar-refractivity contribution in [2.45, 2.75) is 12.5 Å². The molecule has 0 saturated heterocycles. The second-order valence-corrected chi connectivity index (χ2v) is 2.70. The third-order valence-electron chi connectivity index (χ3n) is 1.66. The maximum atomic E-state index is 10.6. The molecule has 72 valence electrons. The zero-order valence-corrected chi connectivity index (χ0v) is 7.96. The third kappa shape index (κ3) is 3.92. The summed E-state index contributed by atoms with van der Waals surface area (Å²) in [4.78, 5) is 10.6. The van der Waals surface area contributed by atoms with Crippen LogP contribution in [0.4, 0.5) is 0 Å². The van der Waals surface area contributed by atoms with Gasteiger partial charge in [-0.3, -0.25) is 4.79 Å². The second-order valence-electron chi connectivity index (χ2n) is 2.70.